The van der Waals surface area contributed by atoms with Crippen molar-refractivity contribution in [1.29, 1.82) is 5.26 Å². The Morgan fingerprint density at radius 1 is 0.922 bits per heavy atom. The molecule has 0 radical (unpaired) electrons. The molecule has 0 spiro atoms. The number of nitrogens with zero attached hydrogens (tertiary/aromatic N) is 5. The maximum absolute atomic E-state index is 13.4. The van der Waals surface area contributed by atoms with Crippen LogP contribution in [0, 0.1) is 17.2 Å². The number of anilines is 1. The summed E-state index contributed by atoms with van der Waals surface area (Å²) in [6.45, 7) is 12.7. The van der Waals surface area contributed by atoms with Crippen molar-refractivity contribution in [2.75, 3.05) is 32.8 Å². The molecule has 2 aromatic heterocycles. The number of hydrogen-bond acceptors (Lipinski definition) is 14. The van der Waals surface area contributed by atoms with Crippen molar-refractivity contribution >= 4 is 37.5 Å². The lowest BCUT2D eigenvalue weighted by molar-refractivity contribution is -0.155. The van der Waals surface area contributed by atoms with Gasteiger partial charge in [0.1, 0.15) is 29.3 Å². The van der Waals surface area contributed by atoms with E-state index in [9.17, 15) is 19.6 Å². The van der Waals surface area contributed by atoms with Gasteiger partial charge in [-0.1, -0.05) is 68.4 Å². The van der Waals surface area contributed by atoms with E-state index in [-0.39, 0.29) is 54.7 Å². The van der Waals surface area contributed by atoms with Crippen LogP contribution in [0.4, 0.5) is 5.95 Å². The van der Waals surface area contributed by atoms with Crippen molar-refractivity contribution in [3.8, 4) is 17.6 Å². The summed E-state index contributed by atoms with van der Waals surface area (Å²) >= 11 is 0. The lowest BCUT2D eigenvalue weighted by atomic mass is 9.80. The van der Waals surface area contributed by atoms with Crippen LogP contribution in [0.2, 0.25) is 0 Å². The third-order valence-electron chi connectivity index (χ3n) is 10.6. The van der Waals surface area contributed by atoms with Crippen LogP contribution in [0.3, 0.4) is 0 Å². The highest BCUT2D eigenvalue weighted by Crippen LogP contribution is 2.51. The van der Waals surface area contributed by atoms with E-state index in [1.165, 1.54) is 17.8 Å². The topological polar surface area (TPSA) is 201 Å². The van der Waals surface area contributed by atoms with Crippen LogP contribution in [0.1, 0.15) is 77.8 Å². The van der Waals surface area contributed by atoms with E-state index in [0.29, 0.717) is 11.5 Å². The molecule has 1 amide bonds. The van der Waals surface area contributed by atoms with Gasteiger partial charge in [0.2, 0.25) is 11.9 Å². The molecular formula is C46H56N7O10P. The molecule has 5 atom stereocenters. The minimum Gasteiger partial charge on any atom is -0.497 e. The number of esters is 1. The fourth-order valence-electron chi connectivity index (χ4n) is 7.62. The Labute approximate surface area is 373 Å². The Hall–Kier alpha value is -5.73. The van der Waals surface area contributed by atoms with Gasteiger partial charge < -0.3 is 32.7 Å². The minimum atomic E-state index is -1.94. The van der Waals surface area contributed by atoms with Crippen molar-refractivity contribution < 1.29 is 42.3 Å². The largest absolute Gasteiger partial charge is 0.497 e. The maximum Gasteiger partial charge on any atom is 0.303 e. The zero-order chi connectivity index (χ0) is 46.1. The molecule has 1 aliphatic heterocycles. The summed E-state index contributed by atoms with van der Waals surface area (Å²) in [7, 11) is 1.26. The molecule has 340 valence electrons. The molecule has 18 heteroatoms. The van der Waals surface area contributed by atoms with Crippen molar-refractivity contribution in [3.63, 3.8) is 0 Å². The molecule has 0 saturated carbocycles. The van der Waals surface area contributed by atoms with Crippen LogP contribution < -0.4 is 20.3 Å². The fraction of sp³-hybridized carbons (Fsp3) is 0.435. The van der Waals surface area contributed by atoms with Gasteiger partial charge in [-0.05, 0) is 68.7 Å². The number of ether oxygens (including phenoxy) is 5. The Kier molecular flexibility index (Phi) is 15.9. The number of nitrogens with one attached hydrogen (secondary N) is 2. The highest BCUT2D eigenvalue weighted by atomic mass is 31.2. The predicted octanol–water partition coefficient (Wildman–Crippen LogP) is 7.23. The summed E-state index contributed by atoms with van der Waals surface area (Å²) < 4.78 is 48.5. The van der Waals surface area contributed by atoms with Crippen molar-refractivity contribution in [2.24, 2.45) is 5.92 Å². The SMILES string of the molecule is COc1ccc(C(OC[C@@H]2O[C@@H](n3cnc4c(=O)[nH]c(NC(=O)C(C)C)nc43)[C@H](OC(C)=O)[C@H]2OP(OCCC#N)N(C(C)C)C(C)C)(c2ccccc2)c2ccc(OC)cc2)cc1. The highest BCUT2D eigenvalue weighted by Gasteiger charge is 2.53. The Morgan fingerprint density at radius 3 is 2.05 bits per heavy atom. The zero-order valence-corrected chi connectivity index (χ0v) is 38.4. The number of carbonyl (C=O) groups is 2. The smallest absolute Gasteiger partial charge is 0.303 e. The van der Waals surface area contributed by atoms with Gasteiger partial charge in [0, 0.05) is 24.9 Å². The van der Waals surface area contributed by atoms with E-state index >= 15 is 0 Å². The van der Waals surface area contributed by atoms with Gasteiger partial charge in [-0.3, -0.25) is 29.3 Å². The van der Waals surface area contributed by atoms with Crippen LogP contribution in [0.25, 0.3) is 11.2 Å². The van der Waals surface area contributed by atoms with Crippen LogP contribution in [-0.4, -0.2) is 93.9 Å². The first-order valence-corrected chi connectivity index (χ1v) is 22.2. The van der Waals surface area contributed by atoms with Gasteiger partial charge in [0.25, 0.3) is 14.1 Å². The van der Waals surface area contributed by atoms with E-state index in [2.05, 4.69) is 31.0 Å². The van der Waals surface area contributed by atoms with Crippen molar-refractivity contribution in [1.82, 2.24) is 24.2 Å². The van der Waals surface area contributed by atoms with E-state index < -0.39 is 56.1 Å². The van der Waals surface area contributed by atoms with Crippen LogP contribution in [0.5, 0.6) is 11.5 Å². The first-order chi connectivity index (χ1) is 30.7. The molecule has 0 aliphatic carbocycles. The lowest BCUT2D eigenvalue weighted by Gasteiger charge is -2.39. The van der Waals surface area contributed by atoms with Crippen LogP contribution >= 0.6 is 8.53 Å². The van der Waals surface area contributed by atoms with Gasteiger partial charge >= 0.3 is 5.97 Å². The third-order valence-corrected chi connectivity index (χ3v) is 12.7. The average Bonchev–Trinajstić information content (AvgIpc) is 3.84. The van der Waals surface area contributed by atoms with Gasteiger partial charge in [0.15, 0.2) is 23.5 Å². The number of benzene rings is 3. The molecule has 5 aromatic rings. The number of aromatic amines is 1. The molecule has 17 nitrogen and oxygen atoms in total. The average molecular weight is 898 g/mol. The summed E-state index contributed by atoms with van der Waals surface area (Å²) in [4.78, 5) is 50.8. The molecule has 1 unspecified atom stereocenters. The number of fused-ring (bicyclic) bond motifs is 1. The molecule has 0 bridgehead atoms. The number of methoxy groups -OCH3 is 2. The molecular weight excluding hydrogens is 842 g/mol. The highest BCUT2D eigenvalue weighted by molar-refractivity contribution is 7.44. The number of amides is 1. The standard InChI is InChI=1S/C46H56N7O10P/c1-28(2)42(55)50-45-49-41-38(43(56)51-45)48-27-52(41)44-40(61-31(7)54)39(63-64(60-25-13-24-47)53(29(3)4)30(5)6)37(62-44)26-59-46(32-14-11-10-12-15-32,33-16-20-35(57-8)21-17-33)34-18-22-36(58-9)23-19-34/h10-12,14-23,27-30,37,39-40,44H,13,25-26H2,1-9H3,(H2,49,50,51,55,56)/t37-,39-,40+,44+,64?/m0/s1. The summed E-state index contributed by atoms with van der Waals surface area (Å²) in [5.74, 6) is -0.208. The van der Waals surface area contributed by atoms with Gasteiger partial charge in [-0.2, -0.15) is 10.2 Å². The van der Waals surface area contributed by atoms with Crippen molar-refractivity contribution in [3.05, 3.63) is 112 Å². The van der Waals surface area contributed by atoms with E-state index in [0.717, 1.165) is 16.7 Å². The third kappa shape index (κ3) is 10.4. The number of hydrogen-bond donors (Lipinski definition) is 2. The second-order valence-electron chi connectivity index (χ2n) is 16.0. The molecule has 1 saturated heterocycles. The number of aromatic nitrogens is 4. The number of H-pyrrole nitrogens is 1. The summed E-state index contributed by atoms with van der Waals surface area (Å²) in [5, 5.41) is 12.1. The quantitative estimate of drug-likeness (QED) is 0.0343. The molecule has 2 N–H and O–H groups in total. The predicted molar refractivity (Wildman–Crippen MR) is 239 cm³/mol. The number of carbonyl (C=O) groups excluding carboxylic acids is 2. The Bertz CT molecular complexity index is 2380. The maximum atomic E-state index is 13.4. The van der Waals surface area contributed by atoms with Gasteiger partial charge in [-0.25, -0.2) is 9.65 Å². The van der Waals surface area contributed by atoms with Gasteiger partial charge in [-0.15, -0.1) is 0 Å². The second kappa shape index (κ2) is 21.3. The minimum absolute atomic E-state index is 0.0418. The summed E-state index contributed by atoms with van der Waals surface area (Å²) in [6.07, 6.45) is -2.99. The molecule has 1 aliphatic rings. The fourth-order valence-corrected chi connectivity index (χ4v) is 9.39. The normalized spacial score (nSPS) is 18.1. The van der Waals surface area contributed by atoms with Crippen molar-refractivity contribution in [2.45, 2.75) is 97.1 Å². The molecule has 3 aromatic carbocycles. The van der Waals surface area contributed by atoms with E-state index in [1.807, 2.05) is 107 Å². The molecule has 1 fully saturated rings. The molecule has 64 heavy (non-hydrogen) atoms. The number of nitriles is 1. The molecule has 3 heterocycles. The molecule has 6 rings (SSSR count). The van der Waals surface area contributed by atoms with Gasteiger partial charge in [0.05, 0.1) is 46.3 Å². The Balaban J connectivity index is 1.53. The van der Waals surface area contributed by atoms with E-state index in [1.54, 1.807) is 28.1 Å². The van der Waals surface area contributed by atoms with E-state index in [4.69, 9.17) is 32.7 Å². The lowest BCUT2D eigenvalue weighted by Crippen LogP contribution is -2.43. The first kappa shape index (κ1) is 47.7. The number of imidazole rings is 1. The Morgan fingerprint density at radius 2 is 1.52 bits per heavy atom. The summed E-state index contributed by atoms with van der Waals surface area (Å²) in [5.41, 5.74) is 0.449. The first-order valence-electron chi connectivity index (χ1n) is 21.1. The second-order valence-corrected chi connectivity index (χ2v) is 17.4. The van der Waals surface area contributed by atoms with Crippen LogP contribution in [-0.2, 0) is 38.4 Å². The zero-order valence-electron chi connectivity index (χ0n) is 37.5. The summed E-state index contributed by atoms with van der Waals surface area (Å²) in [6, 6.07) is 26.9. The monoisotopic (exact) mass is 897 g/mol. The van der Waals surface area contributed by atoms with Crippen LogP contribution in [0.15, 0.2) is 90.0 Å². The number of rotatable bonds is 20.